The van der Waals surface area contributed by atoms with Crippen LogP contribution in [0.3, 0.4) is 0 Å². The van der Waals surface area contributed by atoms with Gasteiger partial charge in [-0.05, 0) is 60.2 Å². The number of anilines is 2. The van der Waals surface area contributed by atoms with Gasteiger partial charge in [0.1, 0.15) is 5.75 Å². The van der Waals surface area contributed by atoms with Gasteiger partial charge in [0, 0.05) is 26.9 Å². The summed E-state index contributed by atoms with van der Waals surface area (Å²) < 4.78 is 5.32. The Morgan fingerprint density at radius 1 is 1.07 bits per heavy atom. The highest BCUT2D eigenvalue weighted by Crippen LogP contribution is 2.30. The van der Waals surface area contributed by atoms with Gasteiger partial charge in [0.15, 0.2) is 6.61 Å². The number of nitrogens with one attached hydrogen (secondary N) is 2. The van der Waals surface area contributed by atoms with Crippen molar-refractivity contribution < 1.29 is 14.3 Å². The molecule has 29 heavy (non-hydrogen) atoms. The molecule has 0 bridgehead atoms. The van der Waals surface area contributed by atoms with Gasteiger partial charge in [0.25, 0.3) is 11.8 Å². The largest absolute Gasteiger partial charge is 0.482 e. The zero-order valence-corrected chi connectivity index (χ0v) is 16.8. The lowest BCUT2D eigenvalue weighted by atomic mass is 10.1. The number of ether oxygens (including phenoxy) is 1. The first-order valence-corrected chi connectivity index (χ1v) is 10.3. The summed E-state index contributed by atoms with van der Waals surface area (Å²) in [6.45, 7) is 0.00135. The smallest absolute Gasteiger partial charge is 0.262 e. The van der Waals surface area contributed by atoms with Crippen molar-refractivity contribution in [3.8, 4) is 5.75 Å². The van der Waals surface area contributed by atoms with E-state index in [9.17, 15) is 9.59 Å². The highest BCUT2D eigenvalue weighted by atomic mass is 35.5. The van der Waals surface area contributed by atoms with Crippen LogP contribution in [0.25, 0.3) is 0 Å². The maximum atomic E-state index is 12.5. The Balaban J connectivity index is 1.37. The van der Waals surface area contributed by atoms with Crippen LogP contribution in [0.1, 0.15) is 15.9 Å². The molecule has 0 spiro atoms. The minimum atomic E-state index is -0.218. The van der Waals surface area contributed by atoms with Gasteiger partial charge in [0.2, 0.25) is 0 Å². The second-order valence-electron chi connectivity index (χ2n) is 6.44. The fourth-order valence-corrected chi connectivity index (χ4v) is 3.79. The second-order valence-corrected chi connectivity index (χ2v) is 7.93. The molecule has 1 aliphatic heterocycles. The monoisotopic (exact) mass is 424 g/mol. The van der Waals surface area contributed by atoms with E-state index >= 15 is 0 Å². The fraction of sp³-hybridized carbons (Fsp3) is 0.0909. The van der Waals surface area contributed by atoms with Crippen molar-refractivity contribution >= 4 is 46.6 Å². The number of carbonyl (C=O) groups excluding carboxylic acids is 2. The van der Waals surface area contributed by atoms with E-state index in [-0.39, 0.29) is 18.4 Å². The third-order valence-electron chi connectivity index (χ3n) is 4.31. The number of hydrogen-bond acceptors (Lipinski definition) is 4. The summed E-state index contributed by atoms with van der Waals surface area (Å²) in [4.78, 5) is 25.1. The molecule has 3 aromatic carbocycles. The Labute approximate surface area is 177 Å². The summed E-state index contributed by atoms with van der Waals surface area (Å²) in [5.41, 5.74) is 2.81. The SMILES string of the molecule is O=C1COc2ccc(NC(=O)c3ccc(CSc4ccc(Cl)cc4)cc3)cc2N1. The van der Waals surface area contributed by atoms with Gasteiger partial charge in [-0.25, -0.2) is 0 Å². The molecule has 1 aliphatic rings. The fourth-order valence-electron chi connectivity index (χ4n) is 2.81. The number of thioether (sulfide) groups is 1. The molecular weight excluding hydrogens is 408 g/mol. The average Bonchev–Trinajstić information content (AvgIpc) is 2.73. The van der Waals surface area contributed by atoms with Crippen LogP contribution >= 0.6 is 23.4 Å². The van der Waals surface area contributed by atoms with E-state index < -0.39 is 0 Å². The van der Waals surface area contributed by atoms with Crippen molar-refractivity contribution in [2.75, 3.05) is 17.2 Å². The van der Waals surface area contributed by atoms with Crippen molar-refractivity contribution in [3.63, 3.8) is 0 Å². The number of amides is 2. The zero-order valence-electron chi connectivity index (χ0n) is 15.3. The molecule has 1 heterocycles. The van der Waals surface area contributed by atoms with E-state index in [1.165, 1.54) is 0 Å². The molecule has 0 saturated carbocycles. The summed E-state index contributed by atoms with van der Waals surface area (Å²) >= 11 is 7.61. The lowest BCUT2D eigenvalue weighted by Gasteiger charge is -2.18. The third kappa shape index (κ3) is 4.91. The molecule has 7 heteroatoms. The molecule has 5 nitrogen and oxygen atoms in total. The van der Waals surface area contributed by atoms with E-state index in [1.807, 2.05) is 36.4 Å². The summed E-state index contributed by atoms with van der Waals surface area (Å²) in [5, 5.41) is 6.29. The highest BCUT2D eigenvalue weighted by molar-refractivity contribution is 7.98. The minimum absolute atomic E-state index is 0.00135. The summed E-state index contributed by atoms with van der Waals surface area (Å²) in [6, 6.07) is 20.4. The molecule has 2 amide bonds. The predicted octanol–water partition coefficient (Wildman–Crippen LogP) is 5.22. The third-order valence-corrected chi connectivity index (χ3v) is 5.64. The van der Waals surface area contributed by atoms with Crippen molar-refractivity contribution in [1.29, 1.82) is 0 Å². The molecule has 0 saturated heterocycles. The first-order chi connectivity index (χ1) is 14.1. The standard InChI is InChI=1S/C22H17ClN2O3S/c23-16-5-8-18(9-6-16)29-13-14-1-3-15(4-2-14)22(27)24-17-7-10-20-19(11-17)25-21(26)12-28-20/h1-11H,12-13H2,(H,24,27)(H,25,26). The molecule has 3 aromatic rings. The molecule has 0 unspecified atom stereocenters. The van der Waals surface area contributed by atoms with Crippen LogP contribution in [0.15, 0.2) is 71.6 Å². The predicted molar refractivity (Wildman–Crippen MR) is 116 cm³/mol. The molecule has 0 radical (unpaired) electrons. The van der Waals surface area contributed by atoms with Crippen molar-refractivity contribution in [1.82, 2.24) is 0 Å². The molecule has 0 aliphatic carbocycles. The summed E-state index contributed by atoms with van der Waals surface area (Å²) in [6.07, 6.45) is 0. The number of fused-ring (bicyclic) bond motifs is 1. The molecule has 0 fully saturated rings. The number of hydrogen-bond donors (Lipinski definition) is 2. The van der Waals surface area contributed by atoms with E-state index in [1.54, 1.807) is 42.1 Å². The van der Waals surface area contributed by atoms with Crippen molar-refractivity contribution in [2.24, 2.45) is 0 Å². The van der Waals surface area contributed by atoms with Gasteiger partial charge >= 0.3 is 0 Å². The van der Waals surface area contributed by atoms with Crippen LogP contribution in [0.5, 0.6) is 5.75 Å². The van der Waals surface area contributed by atoms with Gasteiger partial charge in [-0.2, -0.15) is 0 Å². The van der Waals surface area contributed by atoms with Crippen LogP contribution in [-0.2, 0) is 10.5 Å². The molecule has 0 aromatic heterocycles. The Bertz CT molecular complexity index is 1050. The quantitative estimate of drug-likeness (QED) is 0.551. The van der Waals surface area contributed by atoms with Crippen LogP contribution in [0.2, 0.25) is 5.02 Å². The van der Waals surface area contributed by atoms with Gasteiger partial charge in [-0.15, -0.1) is 11.8 Å². The number of benzene rings is 3. The van der Waals surface area contributed by atoms with Crippen LogP contribution < -0.4 is 15.4 Å². The maximum absolute atomic E-state index is 12.5. The van der Waals surface area contributed by atoms with Crippen LogP contribution in [0.4, 0.5) is 11.4 Å². The molecule has 0 atom stereocenters. The van der Waals surface area contributed by atoms with Crippen molar-refractivity contribution in [3.05, 3.63) is 82.9 Å². The highest BCUT2D eigenvalue weighted by Gasteiger charge is 2.16. The first kappa shape index (κ1) is 19.4. The summed E-state index contributed by atoms with van der Waals surface area (Å²) in [7, 11) is 0. The molecule has 146 valence electrons. The minimum Gasteiger partial charge on any atom is -0.482 e. The normalized spacial score (nSPS) is 12.5. The lowest BCUT2D eigenvalue weighted by molar-refractivity contribution is -0.118. The zero-order chi connectivity index (χ0) is 20.2. The Morgan fingerprint density at radius 2 is 1.83 bits per heavy atom. The Morgan fingerprint density at radius 3 is 2.59 bits per heavy atom. The van der Waals surface area contributed by atoms with Gasteiger partial charge < -0.3 is 15.4 Å². The van der Waals surface area contributed by atoms with Gasteiger partial charge in [-0.1, -0.05) is 23.7 Å². The van der Waals surface area contributed by atoms with Gasteiger partial charge in [-0.3, -0.25) is 9.59 Å². The van der Waals surface area contributed by atoms with E-state index in [2.05, 4.69) is 10.6 Å². The second kappa shape index (κ2) is 8.59. The van der Waals surface area contributed by atoms with E-state index in [4.69, 9.17) is 16.3 Å². The lowest BCUT2D eigenvalue weighted by Crippen LogP contribution is -2.25. The molecule has 4 rings (SSSR count). The van der Waals surface area contributed by atoms with Crippen molar-refractivity contribution in [2.45, 2.75) is 10.6 Å². The first-order valence-electron chi connectivity index (χ1n) is 8.92. The maximum Gasteiger partial charge on any atom is 0.262 e. The Kier molecular flexibility index (Phi) is 5.74. The summed E-state index contributed by atoms with van der Waals surface area (Å²) in [5.74, 6) is 0.955. The number of rotatable bonds is 5. The van der Waals surface area contributed by atoms with Crippen LogP contribution in [-0.4, -0.2) is 18.4 Å². The van der Waals surface area contributed by atoms with E-state index in [0.717, 1.165) is 21.2 Å². The Hall–Kier alpha value is -2.96. The van der Waals surface area contributed by atoms with Crippen LogP contribution in [0, 0.1) is 0 Å². The number of carbonyl (C=O) groups is 2. The van der Waals surface area contributed by atoms with E-state index in [0.29, 0.717) is 22.7 Å². The molecular formula is C22H17ClN2O3S. The average molecular weight is 425 g/mol. The molecule has 2 N–H and O–H groups in total. The topological polar surface area (TPSA) is 67.4 Å². The van der Waals surface area contributed by atoms with Gasteiger partial charge in [0.05, 0.1) is 5.69 Å². The number of halogens is 1.